The number of benzene rings is 1. The molecular formula is C10H10ClN. The van der Waals surface area contributed by atoms with Gasteiger partial charge in [-0.15, -0.1) is 0 Å². The molecule has 1 aromatic rings. The molecule has 0 amide bonds. The zero-order valence-electron chi connectivity index (χ0n) is 6.68. The molecule has 1 aromatic carbocycles. The van der Waals surface area contributed by atoms with E-state index in [-0.39, 0.29) is 0 Å². The number of nitrogens with one attached hydrogen (secondary N) is 1. The third-order valence-electron chi connectivity index (χ3n) is 2.02. The van der Waals surface area contributed by atoms with Gasteiger partial charge in [-0.05, 0) is 42.0 Å². The van der Waals surface area contributed by atoms with E-state index < -0.39 is 0 Å². The van der Waals surface area contributed by atoms with Gasteiger partial charge >= 0.3 is 0 Å². The van der Waals surface area contributed by atoms with Crippen molar-refractivity contribution in [3.63, 3.8) is 0 Å². The number of hydrogen-bond donors (Lipinski definition) is 1. The molecule has 0 unspecified atom stereocenters. The third kappa shape index (κ3) is 1.46. The van der Waals surface area contributed by atoms with Crippen LogP contribution in [0.25, 0.3) is 6.08 Å². The molecule has 1 aliphatic heterocycles. The molecule has 62 valence electrons. The largest absolute Gasteiger partial charge is 0.391 e. The molecule has 0 spiro atoms. The Labute approximate surface area is 77.0 Å². The minimum atomic E-state index is 0.823. The highest BCUT2D eigenvalue weighted by Gasteiger charge is 2.02. The van der Waals surface area contributed by atoms with Crippen LogP contribution in [0.15, 0.2) is 24.4 Å². The van der Waals surface area contributed by atoms with Gasteiger partial charge in [-0.25, -0.2) is 0 Å². The maximum absolute atomic E-state index is 5.89. The minimum Gasteiger partial charge on any atom is -0.391 e. The van der Waals surface area contributed by atoms with Crippen molar-refractivity contribution >= 4 is 17.7 Å². The maximum atomic E-state index is 5.89. The van der Waals surface area contributed by atoms with Crippen LogP contribution in [-0.4, -0.2) is 6.54 Å². The summed E-state index contributed by atoms with van der Waals surface area (Å²) < 4.78 is 0. The van der Waals surface area contributed by atoms with Crippen molar-refractivity contribution in [3.8, 4) is 0 Å². The Morgan fingerprint density at radius 3 is 3.17 bits per heavy atom. The van der Waals surface area contributed by atoms with Crippen LogP contribution in [-0.2, 0) is 6.42 Å². The molecule has 0 aliphatic carbocycles. The topological polar surface area (TPSA) is 12.0 Å². The zero-order chi connectivity index (χ0) is 8.39. The Morgan fingerprint density at radius 2 is 2.25 bits per heavy atom. The monoisotopic (exact) mass is 179 g/mol. The summed E-state index contributed by atoms with van der Waals surface area (Å²) in [5.41, 5.74) is 2.59. The highest BCUT2D eigenvalue weighted by molar-refractivity contribution is 6.30. The van der Waals surface area contributed by atoms with E-state index in [1.807, 2.05) is 18.3 Å². The fraction of sp³-hybridized carbons (Fsp3) is 0.200. The summed E-state index contributed by atoms with van der Waals surface area (Å²) in [4.78, 5) is 0. The molecule has 12 heavy (non-hydrogen) atoms. The Morgan fingerprint density at radius 1 is 1.33 bits per heavy atom. The van der Waals surface area contributed by atoms with Gasteiger partial charge in [0.2, 0.25) is 0 Å². The second-order valence-corrected chi connectivity index (χ2v) is 3.32. The van der Waals surface area contributed by atoms with Crippen molar-refractivity contribution in [3.05, 3.63) is 40.5 Å². The van der Waals surface area contributed by atoms with E-state index in [0.29, 0.717) is 0 Å². The van der Waals surface area contributed by atoms with Crippen molar-refractivity contribution in [2.75, 3.05) is 6.54 Å². The predicted octanol–water partition coefficient (Wildman–Crippen LogP) is 2.46. The molecule has 0 saturated heterocycles. The molecule has 2 heteroatoms. The Balaban J connectivity index is 2.46. The van der Waals surface area contributed by atoms with Crippen molar-refractivity contribution < 1.29 is 0 Å². The average Bonchev–Trinajstić information content (AvgIpc) is 2.28. The first-order valence-electron chi connectivity index (χ1n) is 4.04. The van der Waals surface area contributed by atoms with Crippen LogP contribution in [0.2, 0.25) is 5.02 Å². The van der Waals surface area contributed by atoms with Gasteiger partial charge in [0.05, 0.1) is 0 Å². The van der Waals surface area contributed by atoms with E-state index in [1.54, 1.807) is 0 Å². The summed E-state index contributed by atoms with van der Waals surface area (Å²) >= 11 is 5.89. The van der Waals surface area contributed by atoms with Crippen LogP contribution in [0.4, 0.5) is 0 Å². The summed E-state index contributed by atoms with van der Waals surface area (Å²) in [6.07, 6.45) is 5.11. The van der Waals surface area contributed by atoms with Gasteiger partial charge < -0.3 is 5.32 Å². The van der Waals surface area contributed by atoms with Gasteiger partial charge in [0.1, 0.15) is 0 Å². The number of rotatable bonds is 0. The quantitative estimate of drug-likeness (QED) is 0.645. The number of fused-ring (bicyclic) bond motifs is 1. The summed E-state index contributed by atoms with van der Waals surface area (Å²) in [6, 6.07) is 6.02. The van der Waals surface area contributed by atoms with Crippen LogP contribution in [0.3, 0.4) is 0 Å². The van der Waals surface area contributed by atoms with Crippen molar-refractivity contribution in [1.29, 1.82) is 0 Å². The molecule has 1 nitrogen and oxygen atoms in total. The van der Waals surface area contributed by atoms with E-state index in [9.17, 15) is 0 Å². The Hall–Kier alpha value is -0.950. The summed E-state index contributed by atoms with van der Waals surface area (Å²) in [7, 11) is 0. The molecule has 1 aliphatic rings. The first-order chi connectivity index (χ1) is 5.86. The SMILES string of the molecule is Clc1ccc2c(c1)CCNC=C2. The maximum Gasteiger partial charge on any atom is 0.0409 e. The Kier molecular flexibility index (Phi) is 2.05. The summed E-state index contributed by atoms with van der Waals surface area (Å²) in [6.45, 7) is 0.990. The molecule has 0 fully saturated rings. The van der Waals surface area contributed by atoms with E-state index in [1.165, 1.54) is 11.1 Å². The molecular weight excluding hydrogens is 170 g/mol. The lowest BCUT2D eigenvalue weighted by Gasteiger charge is -2.02. The molecule has 1 heterocycles. The van der Waals surface area contributed by atoms with Gasteiger partial charge in [0, 0.05) is 11.6 Å². The lowest BCUT2D eigenvalue weighted by molar-refractivity contribution is 0.843. The number of hydrogen-bond acceptors (Lipinski definition) is 1. The first kappa shape index (κ1) is 7.69. The molecule has 0 radical (unpaired) electrons. The molecule has 0 atom stereocenters. The average molecular weight is 180 g/mol. The molecule has 0 saturated carbocycles. The lowest BCUT2D eigenvalue weighted by atomic mass is 10.1. The van der Waals surface area contributed by atoms with Crippen molar-refractivity contribution in [1.82, 2.24) is 5.32 Å². The van der Waals surface area contributed by atoms with E-state index in [2.05, 4.69) is 17.5 Å². The molecule has 2 rings (SSSR count). The second-order valence-electron chi connectivity index (χ2n) is 2.88. The van der Waals surface area contributed by atoms with E-state index in [4.69, 9.17) is 11.6 Å². The van der Waals surface area contributed by atoms with Gasteiger partial charge in [0.25, 0.3) is 0 Å². The summed E-state index contributed by atoms with van der Waals surface area (Å²) in [5, 5.41) is 4.01. The van der Waals surface area contributed by atoms with Crippen LogP contribution in [0.1, 0.15) is 11.1 Å². The fourth-order valence-corrected chi connectivity index (χ4v) is 1.59. The zero-order valence-corrected chi connectivity index (χ0v) is 7.43. The number of halogens is 1. The predicted molar refractivity (Wildman–Crippen MR) is 52.2 cm³/mol. The van der Waals surface area contributed by atoms with Gasteiger partial charge in [0.15, 0.2) is 0 Å². The van der Waals surface area contributed by atoms with Crippen LogP contribution < -0.4 is 5.32 Å². The highest BCUT2D eigenvalue weighted by Crippen LogP contribution is 2.18. The van der Waals surface area contributed by atoms with Crippen molar-refractivity contribution in [2.24, 2.45) is 0 Å². The van der Waals surface area contributed by atoms with E-state index in [0.717, 1.165) is 18.0 Å². The van der Waals surface area contributed by atoms with Crippen molar-refractivity contribution in [2.45, 2.75) is 6.42 Å². The highest BCUT2D eigenvalue weighted by atomic mass is 35.5. The normalized spacial score (nSPS) is 14.8. The molecule has 0 bridgehead atoms. The fourth-order valence-electron chi connectivity index (χ4n) is 1.39. The summed E-state index contributed by atoms with van der Waals surface area (Å²) in [5.74, 6) is 0. The lowest BCUT2D eigenvalue weighted by Crippen LogP contribution is -2.07. The smallest absolute Gasteiger partial charge is 0.0409 e. The molecule has 1 N–H and O–H groups in total. The van der Waals surface area contributed by atoms with E-state index >= 15 is 0 Å². The van der Waals surface area contributed by atoms with Gasteiger partial charge in [-0.1, -0.05) is 17.7 Å². The molecule has 0 aromatic heterocycles. The first-order valence-corrected chi connectivity index (χ1v) is 4.42. The van der Waals surface area contributed by atoms with Crippen LogP contribution in [0, 0.1) is 0 Å². The van der Waals surface area contributed by atoms with Crippen LogP contribution in [0.5, 0.6) is 0 Å². The minimum absolute atomic E-state index is 0.823. The van der Waals surface area contributed by atoms with Gasteiger partial charge in [-0.2, -0.15) is 0 Å². The standard InChI is InChI=1S/C10H10ClN/c11-10-2-1-8-3-5-12-6-4-9(8)7-10/h1-3,5,7,12H,4,6H2. The second kappa shape index (κ2) is 3.20. The third-order valence-corrected chi connectivity index (χ3v) is 2.26. The Bertz CT molecular complexity index is 318. The van der Waals surface area contributed by atoms with Gasteiger partial charge in [-0.3, -0.25) is 0 Å². The van der Waals surface area contributed by atoms with Crippen LogP contribution >= 0.6 is 11.6 Å².